The first-order valence-corrected chi connectivity index (χ1v) is 8.06. The van der Waals surface area contributed by atoms with Gasteiger partial charge >= 0.3 is 6.03 Å². The number of nitrogens with one attached hydrogen (secondary N) is 2. The summed E-state index contributed by atoms with van der Waals surface area (Å²) in [5.74, 6) is 0.472. The van der Waals surface area contributed by atoms with Crippen molar-refractivity contribution in [3.05, 3.63) is 23.2 Å². The maximum absolute atomic E-state index is 12.1. The van der Waals surface area contributed by atoms with Crippen LogP contribution in [0.1, 0.15) is 32.1 Å². The largest absolute Gasteiger partial charge is 0.487 e. The summed E-state index contributed by atoms with van der Waals surface area (Å²) < 4.78 is 10.6. The molecule has 1 aliphatic carbocycles. The van der Waals surface area contributed by atoms with Crippen molar-refractivity contribution in [2.24, 2.45) is 0 Å². The van der Waals surface area contributed by atoms with E-state index in [-0.39, 0.29) is 12.1 Å². The van der Waals surface area contributed by atoms with Crippen molar-refractivity contribution in [2.45, 2.75) is 38.1 Å². The molecule has 0 saturated heterocycles. The molecule has 2 rings (SSSR count). The van der Waals surface area contributed by atoms with Gasteiger partial charge in [0, 0.05) is 13.2 Å². The molecule has 0 heterocycles. The Morgan fingerprint density at radius 3 is 2.77 bits per heavy atom. The second-order valence-electron chi connectivity index (χ2n) is 5.39. The highest BCUT2D eigenvalue weighted by atomic mass is 35.5. The molecule has 1 aromatic rings. The monoisotopic (exact) mass is 326 g/mol. The van der Waals surface area contributed by atoms with Gasteiger partial charge in [-0.1, -0.05) is 36.9 Å². The number of hydrogen-bond acceptors (Lipinski definition) is 3. The number of anilines is 1. The number of amides is 2. The van der Waals surface area contributed by atoms with Crippen molar-refractivity contribution in [1.29, 1.82) is 0 Å². The molecule has 1 saturated carbocycles. The Morgan fingerprint density at radius 2 is 2.05 bits per heavy atom. The van der Waals surface area contributed by atoms with E-state index in [0.717, 1.165) is 12.8 Å². The van der Waals surface area contributed by atoms with E-state index in [1.807, 2.05) is 0 Å². The van der Waals surface area contributed by atoms with Gasteiger partial charge in [-0.2, -0.15) is 0 Å². The lowest BCUT2D eigenvalue weighted by Crippen LogP contribution is -2.39. The fraction of sp³-hybridized carbons (Fsp3) is 0.562. The summed E-state index contributed by atoms with van der Waals surface area (Å²) in [7, 11) is 1.60. The normalized spacial score (nSPS) is 15.4. The van der Waals surface area contributed by atoms with Crippen LogP contribution in [0.4, 0.5) is 10.5 Å². The van der Waals surface area contributed by atoms with Gasteiger partial charge in [-0.15, -0.1) is 0 Å². The first-order valence-electron chi connectivity index (χ1n) is 7.68. The summed E-state index contributed by atoms with van der Waals surface area (Å²) in [6, 6.07) is 5.32. The number of halogens is 1. The minimum absolute atomic E-state index is 0.217. The van der Waals surface area contributed by atoms with Gasteiger partial charge in [0.25, 0.3) is 0 Å². The molecule has 1 fully saturated rings. The Morgan fingerprint density at radius 1 is 1.27 bits per heavy atom. The van der Waals surface area contributed by atoms with E-state index in [9.17, 15) is 4.79 Å². The van der Waals surface area contributed by atoms with Gasteiger partial charge in [-0.3, -0.25) is 0 Å². The molecule has 6 heteroatoms. The lowest BCUT2D eigenvalue weighted by molar-refractivity contribution is 0.146. The van der Waals surface area contributed by atoms with E-state index in [1.165, 1.54) is 19.3 Å². The van der Waals surface area contributed by atoms with Gasteiger partial charge in [0.05, 0.1) is 17.3 Å². The number of para-hydroxylation sites is 1. The summed E-state index contributed by atoms with van der Waals surface area (Å²) >= 11 is 6.15. The zero-order valence-corrected chi connectivity index (χ0v) is 13.6. The zero-order valence-electron chi connectivity index (χ0n) is 12.9. The predicted octanol–water partition coefficient (Wildman–Crippen LogP) is 3.82. The van der Waals surface area contributed by atoms with Crippen LogP contribution in [0.3, 0.4) is 0 Å². The Hall–Kier alpha value is -1.46. The molecule has 122 valence electrons. The number of methoxy groups -OCH3 is 1. The molecule has 0 spiro atoms. The van der Waals surface area contributed by atoms with Crippen molar-refractivity contribution in [2.75, 3.05) is 25.6 Å². The molecule has 1 aromatic carbocycles. The number of carbonyl (C=O) groups is 1. The quantitative estimate of drug-likeness (QED) is 0.781. The van der Waals surface area contributed by atoms with Crippen LogP contribution in [-0.4, -0.2) is 32.4 Å². The first kappa shape index (κ1) is 16.9. The van der Waals surface area contributed by atoms with Crippen LogP contribution >= 0.6 is 11.6 Å². The molecular weight excluding hydrogens is 304 g/mol. The van der Waals surface area contributed by atoms with Crippen LogP contribution in [-0.2, 0) is 4.74 Å². The summed E-state index contributed by atoms with van der Waals surface area (Å²) in [6.07, 6.45) is 5.69. The number of rotatable bonds is 6. The summed E-state index contributed by atoms with van der Waals surface area (Å²) in [5, 5.41) is 6.30. The molecule has 1 aliphatic rings. The molecule has 5 nitrogen and oxygen atoms in total. The Labute approximate surface area is 136 Å². The van der Waals surface area contributed by atoms with Crippen molar-refractivity contribution in [3.63, 3.8) is 0 Å². The smallest absolute Gasteiger partial charge is 0.319 e. The highest BCUT2D eigenvalue weighted by Crippen LogP contribution is 2.32. The SMILES string of the molecule is COCCOc1c(Cl)cccc1NC(=O)NC1CCCCC1. The molecular formula is C16H23ClN2O3. The van der Waals surface area contributed by atoms with Gasteiger partial charge in [-0.05, 0) is 25.0 Å². The number of benzene rings is 1. The summed E-state index contributed by atoms with van der Waals surface area (Å²) in [5.41, 5.74) is 0.567. The molecule has 0 radical (unpaired) electrons. The second-order valence-corrected chi connectivity index (χ2v) is 5.80. The van der Waals surface area contributed by atoms with Crippen LogP contribution in [0.2, 0.25) is 5.02 Å². The van der Waals surface area contributed by atoms with Crippen LogP contribution < -0.4 is 15.4 Å². The summed E-state index contributed by atoms with van der Waals surface area (Å²) in [4.78, 5) is 12.1. The van der Waals surface area contributed by atoms with Crippen LogP contribution in [0.5, 0.6) is 5.75 Å². The van der Waals surface area contributed by atoms with E-state index >= 15 is 0 Å². The number of hydrogen-bond donors (Lipinski definition) is 2. The van der Waals surface area contributed by atoms with E-state index in [1.54, 1.807) is 25.3 Å². The number of carbonyl (C=O) groups excluding carboxylic acids is 1. The fourth-order valence-electron chi connectivity index (χ4n) is 2.57. The van der Waals surface area contributed by atoms with Gasteiger partial charge < -0.3 is 20.1 Å². The Kier molecular flexibility index (Phi) is 6.80. The molecule has 22 heavy (non-hydrogen) atoms. The predicted molar refractivity (Wildman–Crippen MR) is 87.9 cm³/mol. The van der Waals surface area contributed by atoms with Crippen molar-refractivity contribution in [3.8, 4) is 5.75 Å². The van der Waals surface area contributed by atoms with Crippen LogP contribution in [0.15, 0.2) is 18.2 Å². The molecule has 0 unspecified atom stereocenters. The van der Waals surface area contributed by atoms with Crippen molar-refractivity contribution < 1.29 is 14.3 Å². The van der Waals surface area contributed by atoms with E-state index in [4.69, 9.17) is 21.1 Å². The average molecular weight is 327 g/mol. The molecule has 0 atom stereocenters. The third-order valence-corrected chi connectivity index (χ3v) is 3.99. The first-order chi connectivity index (χ1) is 10.7. The van der Waals surface area contributed by atoms with E-state index in [2.05, 4.69) is 10.6 Å². The van der Waals surface area contributed by atoms with Gasteiger partial charge in [0.2, 0.25) is 0 Å². The topological polar surface area (TPSA) is 59.6 Å². The molecule has 0 aromatic heterocycles. The molecule has 0 aliphatic heterocycles. The average Bonchev–Trinajstić information content (AvgIpc) is 2.51. The van der Waals surface area contributed by atoms with Gasteiger partial charge in [-0.25, -0.2) is 4.79 Å². The highest BCUT2D eigenvalue weighted by Gasteiger charge is 2.17. The number of ether oxygens (including phenoxy) is 2. The lowest BCUT2D eigenvalue weighted by atomic mass is 9.96. The van der Waals surface area contributed by atoms with Crippen molar-refractivity contribution >= 4 is 23.3 Å². The molecule has 2 amide bonds. The molecule has 2 N–H and O–H groups in total. The Bertz CT molecular complexity index is 490. The van der Waals surface area contributed by atoms with Gasteiger partial charge in [0.15, 0.2) is 5.75 Å². The van der Waals surface area contributed by atoms with Crippen molar-refractivity contribution in [1.82, 2.24) is 5.32 Å². The second kappa shape index (κ2) is 8.86. The molecule has 0 bridgehead atoms. The standard InChI is InChI=1S/C16H23ClN2O3/c1-21-10-11-22-15-13(17)8-5-9-14(15)19-16(20)18-12-6-3-2-4-7-12/h5,8-9,12H,2-4,6-7,10-11H2,1H3,(H2,18,19,20). The fourth-order valence-corrected chi connectivity index (χ4v) is 2.80. The van der Waals surface area contributed by atoms with E-state index in [0.29, 0.717) is 29.7 Å². The summed E-state index contributed by atoms with van der Waals surface area (Å²) in [6.45, 7) is 0.831. The zero-order chi connectivity index (χ0) is 15.8. The minimum Gasteiger partial charge on any atom is -0.487 e. The van der Waals surface area contributed by atoms with E-state index < -0.39 is 0 Å². The lowest BCUT2D eigenvalue weighted by Gasteiger charge is -2.23. The van der Waals surface area contributed by atoms with Crippen LogP contribution in [0.25, 0.3) is 0 Å². The maximum atomic E-state index is 12.1. The maximum Gasteiger partial charge on any atom is 0.319 e. The minimum atomic E-state index is -0.217. The Balaban J connectivity index is 1.95. The highest BCUT2D eigenvalue weighted by molar-refractivity contribution is 6.32. The third-order valence-electron chi connectivity index (χ3n) is 3.69. The number of urea groups is 1. The third kappa shape index (κ3) is 5.07. The van der Waals surface area contributed by atoms with Crippen LogP contribution in [0, 0.1) is 0 Å². The van der Waals surface area contributed by atoms with Gasteiger partial charge in [0.1, 0.15) is 6.61 Å².